The number of hydrogen-bond acceptors (Lipinski definition) is 7. The third-order valence-electron chi connectivity index (χ3n) is 5.27. The normalized spacial score (nSPS) is 12.1. The number of aromatic nitrogens is 3. The summed E-state index contributed by atoms with van der Waals surface area (Å²) in [5.41, 5.74) is 3.94. The van der Waals surface area contributed by atoms with Gasteiger partial charge < -0.3 is 19.0 Å². The van der Waals surface area contributed by atoms with E-state index in [4.69, 9.17) is 9.47 Å². The average Bonchev–Trinajstić information content (AvgIpc) is 3.27. The summed E-state index contributed by atoms with van der Waals surface area (Å²) in [6, 6.07) is 5.27. The molecule has 170 valence electrons. The van der Waals surface area contributed by atoms with Crippen molar-refractivity contribution in [1.82, 2.24) is 14.5 Å². The molecule has 0 saturated carbocycles. The molecule has 0 aliphatic heterocycles. The van der Waals surface area contributed by atoms with Gasteiger partial charge in [-0.1, -0.05) is 11.8 Å². The zero-order chi connectivity index (χ0) is 23.6. The van der Waals surface area contributed by atoms with Crippen molar-refractivity contribution in [2.75, 3.05) is 13.7 Å². The Morgan fingerprint density at radius 1 is 1.19 bits per heavy atom. The Morgan fingerprint density at radius 3 is 2.53 bits per heavy atom. The molecular weight excluding hydrogens is 430 g/mol. The van der Waals surface area contributed by atoms with Crippen LogP contribution in [-0.4, -0.2) is 51.2 Å². The third-order valence-corrected chi connectivity index (χ3v) is 6.36. The first-order chi connectivity index (χ1) is 15.2. The van der Waals surface area contributed by atoms with E-state index in [2.05, 4.69) is 9.97 Å². The van der Waals surface area contributed by atoms with Crippen LogP contribution in [0.4, 0.5) is 0 Å². The molecular formula is C23H27N3O5S. The first-order valence-corrected chi connectivity index (χ1v) is 11.3. The van der Waals surface area contributed by atoms with Crippen molar-refractivity contribution in [3.05, 3.63) is 46.3 Å². The minimum absolute atomic E-state index is 0.132. The molecule has 32 heavy (non-hydrogen) atoms. The molecule has 0 fully saturated rings. The summed E-state index contributed by atoms with van der Waals surface area (Å²) in [4.78, 5) is 45.0. The molecule has 9 heteroatoms. The number of imidazole rings is 1. The number of aryl methyl sites for hydroxylation is 2. The number of rotatable bonds is 8. The highest BCUT2D eigenvalue weighted by Crippen LogP contribution is 2.31. The highest BCUT2D eigenvalue weighted by atomic mass is 32.2. The van der Waals surface area contributed by atoms with E-state index in [0.29, 0.717) is 51.9 Å². The molecule has 3 aromatic rings. The average molecular weight is 458 g/mol. The van der Waals surface area contributed by atoms with E-state index in [1.807, 2.05) is 24.5 Å². The number of carbonyl (C=O) groups excluding carboxylic acids is 3. The second-order valence-corrected chi connectivity index (χ2v) is 8.61. The highest BCUT2D eigenvalue weighted by molar-refractivity contribution is 8.00. The van der Waals surface area contributed by atoms with Gasteiger partial charge in [-0.25, -0.2) is 14.6 Å². The number of nitrogens with zero attached hydrogens (tertiary/aromatic N) is 2. The number of esters is 2. The first kappa shape index (κ1) is 23.6. The largest absolute Gasteiger partial charge is 0.465 e. The molecule has 1 aromatic carbocycles. The highest BCUT2D eigenvalue weighted by Gasteiger charge is 2.27. The van der Waals surface area contributed by atoms with Gasteiger partial charge in [0.05, 0.1) is 46.8 Å². The van der Waals surface area contributed by atoms with Crippen molar-refractivity contribution in [2.24, 2.45) is 0 Å². The predicted octanol–water partition coefficient (Wildman–Crippen LogP) is 4.33. The standard InChI is InChI=1S/C23H27N3O5S/c1-7-26-17-10-9-15(21(28)31-8-2)11-16(17)25-23(26)32-14(5)20(27)19-12(3)18(13(4)24-19)22(29)30-6/h9-11,14,24H,7-8H2,1-6H3. The van der Waals surface area contributed by atoms with E-state index >= 15 is 0 Å². The lowest BCUT2D eigenvalue weighted by molar-refractivity contribution is 0.0525. The number of H-pyrrole nitrogens is 1. The Morgan fingerprint density at radius 2 is 1.91 bits per heavy atom. The number of ether oxygens (including phenoxy) is 2. The fourth-order valence-electron chi connectivity index (χ4n) is 3.66. The van der Waals surface area contributed by atoms with Gasteiger partial charge in [0.25, 0.3) is 0 Å². The predicted molar refractivity (Wildman–Crippen MR) is 123 cm³/mol. The number of ketones is 1. The van der Waals surface area contributed by atoms with Crippen LogP contribution in [-0.2, 0) is 16.0 Å². The molecule has 1 unspecified atom stereocenters. The number of nitrogens with one attached hydrogen (secondary N) is 1. The summed E-state index contributed by atoms with van der Waals surface area (Å²) in [5.74, 6) is -0.995. The second kappa shape index (κ2) is 9.60. The third kappa shape index (κ3) is 4.29. The zero-order valence-electron chi connectivity index (χ0n) is 19.1. The number of aromatic amines is 1. The molecule has 0 bridgehead atoms. The number of benzene rings is 1. The van der Waals surface area contributed by atoms with Crippen molar-refractivity contribution in [3.8, 4) is 0 Å². The molecule has 1 atom stereocenters. The first-order valence-electron chi connectivity index (χ1n) is 10.4. The van der Waals surface area contributed by atoms with Crippen molar-refractivity contribution < 1.29 is 23.9 Å². The van der Waals surface area contributed by atoms with E-state index in [1.165, 1.54) is 18.9 Å². The fourth-order valence-corrected chi connectivity index (χ4v) is 4.71. The van der Waals surface area contributed by atoms with Crippen molar-refractivity contribution >= 4 is 40.5 Å². The topological polar surface area (TPSA) is 103 Å². The van der Waals surface area contributed by atoms with Gasteiger partial charge in [0.1, 0.15) is 0 Å². The molecule has 0 aliphatic carbocycles. The second-order valence-electron chi connectivity index (χ2n) is 7.30. The Balaban J connectivity index is 1.91. The number of Topliss-reactive ketones (excluding diaryl/α,β-unsaturated/α-hetero) is 1. The lowest BCUT2D eigenvalue weighted by Gasteiger charge is -2.11. The Labute approximate surface area is 190 Å². The van der Waals surface area contributed by atoms with Crippen molar-refractivity contribution in [1.29, 1.82) is 0 Å². The van der Waals surface area contributed by atoms with E-state index in [9.17, 15) is 14.4 Å². The van der Waals surface area contributed by atoms with Crippen LogP contribution in [0.2, 0.25) is 0 Å². The van der Waals surface area contributed by atoms with Crippen LogP contribution in [0, 0.1) is 13.8 Å². The van der Waals surface area contributed by atoms with E-state index < -0.39 is 17.2 Å². The van der Waals surface area contributed by atoms with Crippen LogP contribution < -0.4 is 0 Å². The minimum atomic E-state index is -0.471. The molecule has 1 N–H and O–H groups in total. The Bertz CT molecular complexity index is 1190. The minimum Gasteiger partial charge on any atom is -0.465 e. The number of fused-ring (bicyclic) bond motifs is 1. The van der Waals surface area contributed by atoms with Gasteiger partial charge in [0.15, 0.2) is 10.9 Å². The zero-order valence-corrected chi connectivity index (χ0v) is 19.9. The maximum absolute atomic E-state index is 13.2. The quantitative estimate of drug-likeness (QED) is 0.305. The van der Waals surface area contributed by atoms with Crippen LogP contribution in [0.3, 0.4) is 0 Å². The maximum atomic E-state index is 13.2. The molecule has 0 spiro atoms. The van der Waals surface area contributed by atoms with E-state index in [1.54, 1.807) is 32.9 Å². The van der Waals surface area contributed by atoms with Crippen molar-refractivity contribution in [3.63, 3.8) is 0 Å². The van der Waals surface area contributed by atoms with Gasteiger partial charge in [-0.05, 0) is 58.4 Å². The molecule has 8 nitrogen and oxygen atoms in total. The molecule has 0 radical (unpaired) electrons. The van der Waals surface area contributed by atoms with Crippen LogP contribution >= 0.6 is 11.8 Å². The summed E-state index contributed by atoms with van der Waals surface area (Å²) >= 11 is 1.34. The summed E-state index contributed by atoms with van der Waals surface area (Å²) < 4.78 is 11.9. The summed E-state index contributed by atoms with van der Waals surface area (Å²) in [5, 5.41) is 0.224. The number of methoxy groups -OCH3 is 1. The monoisotopic (exact) mass is 457 g/mol. The van der Waals surface area contributed by atoms with Crippen LogP contribution in [0.25, 0.3) is 11.0 Å². The van der Waals surface area contributed by atoms with Crippen LogP contribution in [0.5, 0.6) is 0 Å². The van der Waals surface area contributed by atoms with Gasteiger partial charge in [-0.15, -0.1) is 0 Å². The van der Waals surface area contributed by atoms with Gasteiger partial charge >= 0.3 is 11.9 Å². The van der Waals surface area contributed by atoms with Gasteiger partial charge in [-0.3, -0.25) is 4.79 Å². The molecule has 2 heterocycles. The van der Waals surface area contributed by atoms with Gasteiger partial charge in [0, 0.05) is 12.2 Å². The number of carbonyl (C=O) groups is 3. The maximum Gasteiger partial charge on any atom is 0.339 e. The summed E-state index contributed by atoms with van der Waals surface area (Å²) in [7, 11) is 1.32. The number of hydrogen-bond donors (Lipinski definition) is 1. The molecule has 0 saturated heterocycles. The summed E-state index contributed by atoms with van der Waals surface area (Å²) in [6.45, 7) is 10.0. The van der Waals surface area contributed by atoms with Crippen LogP contribution in [0.1, 0.15) is 63.2 Å². The van der Waals surface area contributed by atoms with E-state index in [-0.39, 0.29) is 5.78 Å². The van der Waals surface area contributed by atoms with Crippen molar-refractivity contribution in [2.45, 2.75) is 51.6 Å². The summed E-state index contributed by atoms with van der Waals surface area (Å²) in [6.07, 6.45) is 0. The lowest BCUT2D eigenvalue weighted by atomic mass is 10.1. The lowest BCUT2D eigenvalue weighted by Crippen LogP contribution is -2.16. The number of thioether (sulfide) groups is 1. The fraction of sp³-hybridized carbons (Fsp3) is 0.391. The molecule has 0 aliphatic rings. The molecule has 3 rings (SSSR count). The van der Waals surface area contributed by atoms with Crippen LogP contribution in [0.15, 0.2) is 23.4 Å². The Kier molecular flexibility index (Phi) is 7.08. The SMILES string of the molecule is CCOC(=O)c1ccc2c(c1)nc(SC(C)C(=O)c1[nH]c(C)c(C(=O)OC)c1C)n2CC. The Hall–Kier alpha value is -3.07. The smallest absolute Gasteiger partial charge is 0.339 e. The molecule has 2 aromatic heterocycles. The molecule has 0 amide bonds. The van der Waals surface area contributed by atoms with E-state index in [0.717, 1.165) is 5.52 Å². The van der Waals surface area contributed by atoms with Gasteiger partial charge in [-0.2, -0.15) is 0 Å². The van der Waals surface area contributed by atoms with Gasteiger partial charge in [0.2, 0.25) is 0 Å².